The molecule has 1 heterocycles. The van der Waals surface area contributed by atoms with E-state index in [9.17, 15) is 18.0 Å². The molecule has 0 atom stereocenters. The van der Waals surface area contributed by atoms with E-state index in [2.05, 4.69) is 5.32 Å². The number of nitrogens with zero attached hydrogens (tertiary/aromatic N) is 1. The first-order valence-electron chi connectivity index (χ1n) is 9.87. The van der Waals surface area contributed by atoms with Crippen LogP contribution in [0.2, 0.25) is 0 Å². The standard InChI is InChI=1S/C23H26N2O4S/c1-17-16-20(30(2,28)29)9-10-21(17)24-23(27)19-12-14-25(15-13-19)22(26)11-8-18-6-4-3-5-7-18/h3-11,16,19H,12-15H2,1-2H3,(H,24,27). The smallest absolute Gasteiger partial charge is 0.246 e. The molecule has 0 radical (unpaired) electrons. The lowest BCUT2D eigenvalue weighted by molar-refractivity contribution is -0.130. The number of hydrogen-bond acceptors (Lipinski definition) is 4. The van der Waals surface area contributed by atoms with Gasteiger partial charge in [0.15, 0.2) is 9.84 Å². The molecule has 2 aromatic carbocycles. The van der Waals surface area contributed by atoms with Crippen LogP contribution in [0.1, 0.15) is 24.0 Å². The Bertz CT molecular complexity index is 1050. The van der Waals surface area contributed by atoms with E-state index < -0.39 is 9.84 Å². The summed E-state index contributed by atoms with van der Waals surface area (Å²) >= 11 is 0. The van der Waals surface area contributed by atoms with Gasteiger partial charge in [-0.3, -0.25) is 9.59 Å². The molecule has 1 N–H and O–H groups in total. The van der Waals surface area contributed by atoms with Crippen molar-refractivity contribution in [2.75, 3.05) is 24.7 Å². The number of amides is 2. The van der Waals surface area contributed by atoms with Crippen LogP contribution in [-0.2, 0) is 19.4 Å². The van der Waals surface area contributed by atoms with Crippen molar-refractivity contribution in [3.8, 4) is 0 Å². The van der Waals surface area contributed by atoms with Crippen LogP contribution in [0.3, 0.4) is 0 Å². The number of piperidine rings is 1. The lowest BCUT2D eigenvalue weighted by atomic mass is 9.95. The summed E-state index contributed by atoms with van der Waals surface area (Å²) in [4.78, 5) is 27.0. The summed E-state index contributed by atoms with van der Waals surface area (Å²) < 4.78 is 23.3. The average molecular weight is 427 g/mol. The van der Waals surface area contributed by atoms with Gasteiger partial charge in [0.05, 0.1) is 4.90 Å². The van der Waals surface area contributed by atoms with Gasteiger partial charge in [-0.1, -0.05) is 30.3 Å². The summed E-state index contributed by atoms with van der Waals surface area (Å²) in [5, 5.41) is 2.90. The number of hydrogen-bond donors (Lipinski definition) is 1. The highest BCUT2D eigenvalue weighted by Gasteiger charge is 2.27. The van der Waals surface area contributed by atoms with Gasteiger partial charge in [0.2, 0.25) is 11.8 Å². The van der Waals surface area contributed by atoms with Gasteiger partial charge in [0, 0.05) is 37.0 Å². The molecule has 1 fully saturated rings. The van der Waals surface area contributed by atoms with E-state index in [4.69, 9.17) is 0 Å². The average Bonchev–Trinajstić information content (AvgIpc) is 2.73. The third kappa shape index (κ3) is 5.57. The van der Waals surface area contributed by atoms with Gasteiger partial charge < -0.3 is 10.2 Å². The van der Waals surface area contributed by atoms with Crippen LogP contribution in [0, 0.1) is 12.8 Å². The third-order valence-electron chi connectivity index (χ3n) is 5.28. The molecule has 2 aromatic rings. The van der Waals surface area contributed by atoms with Crippen molar-refractivity contribution in [1.82, 2.24) is 4.90 Å². The first kappa shape index (κ1) is 21.8. The zero-order chi connectivity index (χ0) is 21.7. The second-order valence-corrected chi connectivity index (χ2v) is 9.60. The van der Waals surface area contributed by atoms with Crippen LogP contribution in [0.25, 0.3) is 6.08 Å². The molecule has 3 rings (SSSR count). The third-order valence-corrected chi connectivity index (χ3v) is 6.39. The Morgan fingerprint density at radius 1 is 1.07 bits per heavy atom. The molecular weight excluding hydrogens is 400 g/mol. The maximum absolute atomic E-state index is 12.6. The number of aryl methyl sites for hydroxylation is 1. The van der Waals surface area contributed by atoms with Crippen molar-refractivity contribution in [2.24, 2.45) is 5.92 Å². The number of likely N-dealkylation sites (tertiary alicyclic amines) is 1. The number of carbonyl (C=O) groups excluding carboxylic acids is 2. The molecule has 7 heteroatoms. The van der Waals surface area contributed by atoms with Gasteiger partial charge in [0.25, 0.3) is 0 Å². The highest BCUT2D eigenvalue weighted by atomic mass is 32.2. The van der Waals surface area contributed by atoms with Gasteiger partial charge in [-0.2, -0.15) is 0 Å². The van der Waals surface area contributed by atoms with Gasteiger partial charge in [-0.25, -0.2) is 8.42 Å². The topological polar surface area (TPSA) is 83.6 Å². The van der Waals surface area contributed by atoms with Gasteiger partial charge >= 0.3 is 0 Å². The normalized spacial score (nSPS) is 15.3. The molecule has 0 spiro atoms. The molecule has 0 aromatic heterocycles. The molecule has 0 unspecified atom stereocenters. The maximum atomic E-state index is 12.6. The largest absolute Gasteiger partial charge is 0.339 e. The van der Waals surface area contributed by atoms with Crippen LogP contribution >= 0.6 is 0 Å². The van der Waals surface area contributed by atoms with E-state index in [1.807, 2.05) is 30.3 Å². The fourth-order valence-corrected chi connectivity index (χ4v) is 4.15. The SMILES string of the molecule is Cc1cc(S(C)(=O)=O)ccc1NC(=O)C1CCN(C(=O)C=Cc2ccccc2)CC1. The van der Waals surface area contributed by atoms with E-state index in [1.165, 1.54) is 6.07 Å². The van der Waals surface area contributed by atoms with E-state index >= 15 is 0 Å². The summed E-state index contributed by atoms with van der Waals surface area (Å²) in [6, 6.07) is 14.3. The molecule has 1 saturated heterocycles. The number of carbonyl (C=O) groups is 2. The van der Waals surface area contributed by atoms with Crippen molar-refractivity contribution in [3.05, 3.63) is 65.7 Å². The maximum Gasteiger partial charge on any atom is 0.246 e. The number of rotatable bonds is 5. The van der Waals surface area contributed by atoms with Crippen LogP contribution in [0.15, 0.2) is 59.5 Å². The fourth-order valence-electron chi connectivity index (χ4n) is 3.44. The van der Waals surface area contributed by atoms with E-state index in [-0.39, 0.29) is 22.6 Å². The van der Waals surface area contributed by atoms with Crippen LogP contribution in [0.4, 0.5) is 5.69 Å². The Labute approximate surface area is 177 Å². The number of nitrogens with one attached hydrogen (secondary N) is 1. The summed E-state index contributed by atoms with van der Waals surface area (Å²) in [6.45, 7) is 2.83. The second-order valence-electron chi connectivity index (χ2n) is 7.58. The molecule has 30 heavy (non-hydrogen) atoms. The highest BCUT2D eigenvalue weighted by molar-refractivity contribution is 7.90. The second kappa shape index (κ2) is 9.26. The Balaban J connectivity index is 1.54. The number of benzene rings is 2. The molecule has 158 valence electrons. The molecule has 1 aliphatic rings. The Morgan fingerprint density at radius 3 is 2.33 bits per heavy atom. The highest BCUT2D eigenvalue weighted by Crippen LogP contribution is 2.23. The van der Waals surface area contributed by atoms with Gasteiger partial charge in [-0.15, -0.1) is 0 Å². The fraction of sp³-hybridized carbons (Fsp3) is 0.304. The summed E-state index contributed by atoms with van der Waals surface area (Å²) in [5.41, 5.74) is 2.28. The molecule has 6 nitrogen and oxygen atoms in total. The molecule has 0 aliphatic carbocycles. The predicted molar refractivity (Wildman–Crippen MR) is 118 cm³/mol. The lowest BCUT2D eigenvalue weighted by Crippen LogP contribution is -2.40. The minimum absolute atomic E-state index is 0.0510. The predicted octanol–water partition coefficient (Wildman–Crippen LogP) is 3.29. The van der Waals surface area contributed by atoms with Crippen LogP contribution in [0.5, 0.6) is 0 Å². The molecule has 2 amide bonds. The Kier molecular flexibility index (Phi) is 6.72. The Morgan fingerprint density at radius 2 is 1.73 bits per heavy atom. The monoisotopic (exact) mass is 426 g/mol. The molecule has 0 bridgehead atoms. The van der Waals surface area contributed by atoms with Crippen molar-refractivity contribution in [2.45, 2.75) is 24.7 Å². The van der Waals surface area contributed by atoms with Gasteiger partial charge in [-0.05, 0) is 55.2 Å². The minimum atomic E-state index is -3.28. The lowest BCUT2D eigenvalue weighted by Gasteiger charge is -2.30. The quantitative estimate of drug-likeness (QED) is 0.744. The van der Waals surface area contributed by atoms with Crippen molar-refractivity contribution >= 4 is 33.4 Å². The zero-order valence-corrected chi connectivity index (χ0v) is 18.0. The minimum Gasteiger partial charge on any atom is -0.339 e. The van der Waals surface area contributed by atoms with E-state index in [1.54, 1.807) is 36.1 Å². The Hall–Kier alpha value is -2.93. The molecular formula is C23H26N2O4S. The number of anilines is 1. The van der Waals surface area contributed by atoms with Crippen LogP contribution < -0.4 is 5.32 Å². The van der Waals surface area contributed by atoms with Crippen molar-refractivity contribution < 1.29 is 18.0 Å². The van der Waals surface area contributed by atoms with Crippen molar-refractivity contribution in [3.63, 3.8) is 0 Å². The van der Waals surface area contributed by atoms with E-state index in [0.717, 1.165) is 11.8 Å². The molecule has 1 aliphatic heterocycles. The first-order chi connectivity index (χ1) is 14.2. The zero-order valence-electron chi connectivity index (χ0n) is 17.2. The first-order valence-corrected chi connectivity index (χ1v) is 11.8. The number of sulfone groups is 1. The summed E-state index contributed by atoms with van der Waals surface area (Å²) in [7, 11) is -3.28. The molecule has 0 saturated carbocycles. The van der Waals surface area contributed by atoms with Gasteiger partial charge in [0.1, 0.15) is 0 Å². The summed E-state index contributed by atoms with van der Waals surface area (Å²) in [6.07, 6.45) is 5.71. The summed E-state index contributed by atoms with van der Waals surface area (Å²) in [5.74, 6) is -0.330. The van der Waals surface area contributed by atoms with E-state index in [0.29, 0.717) is 37.2 Å². The van der Waals surface area contributed by atoms with Crippen LogP contribution in [-0.4, -0.2) is 44.5 Å². The van der Waals surface area contributed by atoms with Crippen molar-refractivity contribution in [1.29, 1.82) is 0 Å².